The summed E-state index contributed by atoms with van der Waals surface area (Å²) in [5, 5.41) is 10.4. The number of halogens is 1. The fourth-order valence-corrected chi connectivity index (χ4v) is 4.00. The Morgan fingerprint density at radius 2 is 1.94 bits per heavy atom. The smallest absolute Gasteiger partial charge is 0.253 e. The van der Waals surface area contributed by atoms with Gasteiger partial charge in [0.1, 0.15) is 5.82 Å². The second kappa shape index (κ2) is 12.8. The van der Waals surface area contributed by atoms with Crippen molar-refractivity contribution >= 4 is 5.91 Å². The maximum atomic E-state index is 13.3. The molecule has 2 aromatic carbocycles. The zero-order valence-corrected chi connectivity index (χ0v) is 19.5. The molecule has 1 heterocycles. The van der Waals surface area contributed by atoms with E-state index in [-0.39, 0.29) is 30.4 Å². The maximum Gasteiger partial charge on any atom is 0.253 e. The van der Waals surface area contributed by atoms with Crippen LogP contribution in [0.2, 0.25) is 0 Å². The zero-order chi connectivity index (χ0) is 23.6. The van der Waals surface area contributed by atoms with Crippen molar-refractivity contribution in [2.24, 2.45) is 5.92 Å². The summed E-state index contributed by atoms with van der Waals surface area (Å²) in [7, 11) is 0. The van der Waals surface area contributed by atoms with Crippen molar-refractivity contribution in [2.45, 2.75) is 32.7 Å². The van der Waals surface area contributed by atoms with E-state index in [2.05, 4.69) is 18.7 Å². The molecule has 1 aliphatic heterocycles. The number of carbonyl (C=O) groups is 1. The summed E-state index contributed by atoms with van der Waals surface area (Å²) in [5.74, 6) is -0.198. The summed E-state index contributed by atoms with van der Waals surface area (Å²) >= 11 is 0. The number of rotatable bonds is 11. The number of aliphatic hydroxyl groups excluding tert-OH is 1. The Balaban J connectivity index is 1.49. The molecule has 6 nitrogen and oxygen atoms in total. The van der Waals surface area contributed by atoms with Crippen LogP contribution in [0.3, 0.4) is 0 Å². The third-order valence-electron chi connectivity index (χ3n) is 5.50. The van der Waals surface area contributed by atoms with Crippen molar-refractivity contribution in [2.75, 3.05) is 45.9 Å². The Morgan fingerprint density at radius 1 is 1.21 bits per heavy atom. The van der Waals surface area contributed by atoms with E-state index in [0.29, 0.717) is 45.0 Å². The summed E-state index contributed by atoms with van der Waals surface area (Å²) in [5.41, 5.74) is 1.54. The molecule has 33 heavy (non-hydrogen) atoms. The number of benzene rings is 2. The lowest BCUT2D eigenvalue weighted by Crippen LogP contribution is -2.51. The van der Waals surface area contributed by atoms with Crippen LogP contribution < -0.4 is 0 Å². The molecule has 0 aromatic heterocycles. The van der Waals surface area contributed by atoms with Crippen molar-refractivity contribution in [3.05, 3.63) is 71.5 Å². The lowest BCUT2D eigenvalue weighted by atomic mass is 10.1. The van der Waals surface area contributed by atoms with Gasteiger partial charge in [-0.2, -0.15) is 0 Å². The molecular weight excluding hydrogens is 423 g/mol. The number of nitrogens with zero attached hydrogens (tertiary/aromatic N) is 2. The number of amides is 1. The van der Waals surface area contributed by atoms with Crippen molar-refractivity contribution < 1.29 is 23.8 Å². The molecule has 3 rings (SSSR count). The topological polar surface area (TPSA) is 62.2 Å². The van der Waals surface area contributed by atoms with Gasteiger partial charge in [-0.1, -0.05) is 44.2 Å². The van der Waals surface area contributed by atoms with Gasteiger partial charge in [0.15, 0.2) is 0 Å². The Labute approximate surface area is 195 Å². The molecule has 0 bridgehead atoms. The van der Waals surface area contributed by atoms with Gasteiger partial charge >= 0.3 is 0 Å². The van der Waals surface area contributed by atoms with Gasteiger partial charge in [0.2, 0.25) is 0 Å². The normalized spacial score (nSPS) is 17.8. The monoisotopic (exact) mass is 458 g/mol. The number of β-amino-alcohol motifs (C(OH)–C–C–N with tert-alkyl or cyclic N) is 1. The SMILES string of the molecule is CC(C)CN(C[C@H]1CN(C[C@@H](O)COCc2ccccc2)CCO1)C(=O)c1ccc(F)cc1. The first kappa shape index (κ1) is 25.3. The molecule has 1 saturated heterocycles. The predicted octanol–water partition coefficient (Wildman–Crippen LogP) is 3.20. The molecule has 1 fully saturated rings. The van der Waals surface area contributed by atoms with Gasteiger partial charge in [-0.3, -0.25) is 9.69 Å². The highest BCUT2D eigenvalue weighted by Crippen LogP contribution is 2.14. The Hall–Kier alpha value is -2.32. The quantitative estimate of drug-likeness (QED) is 0.560. The third kappa shape index (κ3) is 8.51. The van der Waals surface area contributed by atoms with Gasteiger partial charge in [-0.25, -0.2) is 4.39 Å². The summed E-state index contributed by atoms with van der Waals surface area (Å²) in [6.07, 6.45) is -0.751. The minimum atomic E-state index is -0.597. The molecule has 0 spiro atoms. The summed E-state index contributed by atoms with van der Waals surface area (Å²) in [4.78, 5) is 17.0. The number of hydrogen-bond acceptors (Lipinski definition) is 5. The largest absolute Gasteiger partial charge is 0.389 e. The molecule has 0 unspecified atom stereocenters. The van der Waals surface area contributed by atoms with Crippen molar-refractivity contribution in [3.63, 3.8) is 0 Å². The fraction of sp³-hybridized carbons (Fsp3) is 0.500. The molecule has 1 amide bonds. The number of carbonyl (C=O) groups excluding carboxylic acids is 1. The van der Waals surface area contributed by atoms with Crippen LogP contribution in [0.4, 0.5) is 4.39 Å². The Morgan fingerprint density at radius 3 is 2.64 bits per heavy atom. The standard InChI is InChI=1S/C26H35FN2O4/c1-20(2)14-29(26(31)22-8-10-23(27)11-9-22)17-25-16-28(12-13-33-25)15-24(30)19-32-18-21-6-4-3-5-7-21/h3-11,20,24-25,30H,12-19H2,1-2H3/t24-,25-/m1/s1. The first-order chi connectivity index (χ1) is 15.9. The minimum Gasteiger partial charge on any atom is -0.389 e. The Kier molecular flexibility index (Phi) is 9.81. The molecule has 0 saturated carbocycles. The van der Waals surface area contributed by atoms with E-state index in [4.69, 9.17) is 9.47 Å². The molecule has 2 aromatic rings. The van der Waals surface area contributed by atoms with Crippen molar-refractivity contribution in [1.29, 1.82) is 0 Å². The van der Waals surface area contributed by atoms with E-state index in [9.17, 15) is 14.3 Å². The second-order valence-electron chi connectivity index (χ2n) is 9.02. The van der Waals surface area contributed by atoms with E-state index >= 15 is 0 Å². The number of morpholine rings is 1. The van der Waals surface area contributed by atoms with Crippen LogP contribution in [-0.2, 0) is 16.1 Å². The molecule has 7 heteroatoms. The van der Waals surface area contributed by atoms with Gasteiger partial charge in [0.25, 0.3) is 5.91 Å². The van der Waals surface area contributed by atoms with E-state index in [1.54, 1.807) is 4.90 Å². The fourth-order valence-electron chi connectivity index (χ4n) is 4.00. The van der Waals surface area contributed by atoms with Gasteiger partial charge in [-0.15, -0.1) is 0 Å². The number of hydrogen-bond donors (Lipinski definition) is 1. The molecule has 180 valence electrons. The van der Waals surface area contributed by atoms with E-state index in [0.717, 1.165) is 12.1 Å². The molecule has 2 atom stereocenters. The maximum absolute atomic E-state index is 13.3. The zero-order valence-electron chi connectivity index (χ0n) is 19.5. The highest BCUT2D eigenvalue weighted by Gasteiger charge is 2.27. The van der Waals surface area contributed by atoms with Crippen molar-refractivity contribution in [1.82, 2.24) is 9.80 Å². The molecule has 0 radical (unpaired) electrons. The third-order valence-corrected chi connectivity index (χ3v) is 5.50. The molecular formula is C26H35FN2O4. The minimum absolute atomic E-state index is 0.126. The summed E-state index contributed by atoms with van der Waals surface area (Å²) in [6.45, 7) is 8.28. The highest BCUT2D eigenvalue weighted by atomic mass is 19.1. The van der Waals surface area contributed by atoms with Gasteiger partial charge in [-0.05, 0) is 35.7 Å². The second-order valence-corrected chi connectivity index (χ2v) is 9.02. The van der Waals surface area contributed by atoms with E-state index in [1.165, 1.54) is 24.3 Å². The van der Waals surface area contributed by atoms with E-state index < -0.39 is 6.10 Å². The van der Waals surface area contributed by atoms with Crippen LogP contribution in [0.1, 0.15) is 29.8 Å². The average molecular weight is 459 g/mol. The van der Waals surface area contributed by atoms with Gasteiger partial charge in [0.05, 0.1) is 32.0 Å². The highest BCUT2D eigenvalue weighted by molar-refractivity contribution is 5.94. The molecule has 1 N–H and O–H groups in total. The van der Waals surface area contributed by atoms with Crippen LogP contribution in [0.5, 0.6) is 0 Å². The number of aliphatic hydroxyl groups is 1. The van der Waals surface area contributed by atoms with Gasteiger partial charge in [0, 0.05) is 38.3 Å². The first-order valence-corrected chi connectivity index (χ1v) is 11.6. The molecule has 1 aliphatic rings. The summed E-state index contributed by atoms with van der Waals surface area (Å²) < 4.78 is 24.9. The Bertz CT molecular complexity index is 847. The summed E-state index contributed by atoms with van der Waals surface area (Å²) in [6, 6.07) is 15.5. The average Bonchev–Trinajstić information content (AvgIpc) is 2.79. The van der Waals surface area contributed by atoms with Crippen LogP contribution in [0.15, 0.2) is 54.6 Å². The lowest BCUT2D eigenvalue weighted by molar-refractivity contribution is -0.0602. The first-order valence-electron chi connectivity index (χ1n) is 11.6. The van der Waals surface area contributed by atoms with Crippen LogP contribution >= 0.6 is 0 Å². The van der Waals surface area contributed by atoms with Crippen molar-refractivity contribution in [3.8, 4) is 0 Å². The van der Waals surface area contributed by atoms with Crippen LogP contribution in [0.25, 0.3) is 0 Å². The predicted molar refractivity (Wildman–Crippen MR) is 125 cm³/mol. The van der Waals surface area contributed by atoms with E-state index in [1.807, 2.05) is 30.3 Å². The van der Waals surface area contributed by atoms with Crippen LogP contribution in [0, 0.1) is 11.7 Å². The number of ether oxygens (including phenoxy) is 2. The molecule has 0 aliphatic carbocycles. The van der Waals surface area contributed by atoms with Gasteiger partial charge < -0.3 is 19.5 Å². The van der Waals surface area contributed by atoms with Crippen LogP contribution in [-0.4, -0.2) is 79.0 Å². The lowest BCUT2D eigenvalue weighted by Gasteiger charge is -2.37.